The Balaban J connectivity index is 2.38. The van der Waals surface area contributed by atoms with E-state index in [4.69, 9.17) is 1.37 Å². The molecule has 2 nitrogen and oxygen atoms in total. The maximum atomic E-state index is 8.19. The molecule has 3 rings (SSSR count). The van der Waals surface area contributed by atoms with Crippen molar-refractivity contribution in [3.8, 4) is 11.3 Å². The van der Waals surface area contributed by atoms with Crippen molar-refractivity contribution in [2.45, 2.75) is 26.7 Å². The summed E-state index contributed by atoms with van der Waals surface area (Å²) in [5.41, 5.74) is 5.57. The molecule has 21 heavy (non-hydrogen) atoms. The van der Waals surface area contributed by atoms with Crippen LogP contribution in [-0.4, -0.2) is 4.98 Å². The summed E-state index contributed by atoms with van der Waals surface area (Å²) in [6, 6.07) is 14.7. The van der Waals surface area contributed by atoms with E-state index in [1.54, 1.807) is 0 Å². The van der Waals surface area contributed by atoms with Crippen LogP contribution in [-0.2, 0) is 7.05 Å². The number of fused-ring (bicyclic) bond motifs is 1. The van der Waals surface area contributed by atoms with Gasteiger partial charge in [-0.2, -0.15) is 0 Å². The highest BCUT2D eigenvalue weighted by atomic mass is 15.0. The first-order chi connectivity index (χ1) is 10.5. The van der Waals surface area contributed by atoms with Crippen LogP contribution in [0.3, 0.4) is 0 Å². The van der Waals surface area contributed by atoms with Crippen LogP contribution in [0.4, 0.5) is 0 Å². The van der Waals surface area contributed by atoms with Gasteiger partial charge in [-0.15, -0.1) is 0 Å². The Morgan fingerprint density at radius 1 is 1.14 bits per heavy atom. The van der Waals surface area contributed by atoms with Gasteiger partial charge < -0.3 is 0 Å². The Hall–Kier alpha value is -2.22. The molecule has 0 aliphatic rings. The maximum absolute atomic E-state index is 8.19. The molecule has 3 aromatic rings. The lowest BCUT2D eigenvalue weighted by atomic mass is 9.98. The van der Waals surface area contributed by atoms with Gasteiger partial charge in [-0.3, -0.25) is 0 Å². The van der Waals surface area contributed by atoms with Gasteiger partial charge in [-0.05, 0) is 41.1 Å². The largest absolute Gasteiger partial charge is 0.287 e. The molecule has 0 radical (unpaired) electrons. The van der Waals surface area contributed by atoms with Crippen LogP contribution in [0.5, 0.6) is 0 Å². The highest BCUT2D eigenvalue weighted by Gasteiger charge is 2.16. The van der Waals surface area contributed by atoms with Crippen molar-refractivity contribution in [1.82, 2.24) is 4.98 Å². The Morgan fingerprint density at radius 3 is 2.62 bits per heavy atom. The molecule has 0 unspecified atom stereocenters. The minimum atomic E-state index is 0.284. The van der Waals surface area contributed by atoms with Crippen molar-refractivity contribution in [3.63, 3.8) is 0 Å². The van der Waals surface area contributed by atoms with E-state index in [0.29, 0.717) is 5.92 Å². The first-order valence-corrected chi connectivity index (χ1v) is 7.35. The Labute approximate surface area is 127 Å². The molecule has 0 fully saturated rings. The molecule has 1 aromatic heterocycles. The van der Waals surface area contributed by atoms with Gasteiger partial charge in [0.05, 0.1) is 12.4 Å². The van der Waals surface area contributed by atoms with Crippen LogP contribution in [0.15, 0.2) is 48.8 Å². The van der Waals surface area contributed by atoms with E-state index in [-0.39, 0.29) is 6.30 Å². The van der Waals surface area contributed by atoms with Gasteiger partial charge in [-0.25, -0.2) is 4.57 Å². The molecule has 2 aromatic carbocycles. The lowest BCUT2D eigenvalue weighted by Gasteiger charge is -2.10. The molecule has 0 bridgehead atoms. The quantitative estimate of drug-likeness (QED) is 0.643. The van der Waals surface area contributed by atoms with Gasteiger partial charge in [0.2, 0.25) is 0 Å². The molecule has 1 heterocycles. The Bertz CT molecular complexity index is 853. The second-order valence-electron chi connectivity index (χ2n) is 5.87. The maximum Gasteiger partial charge on any atom is 0.287 e. The van der Waals surface area contributed by atoms with Gasteiger partial charge in [0.1, 0.15) is 5.69 Å². The van der Waals surface area contributed by atoms with E-state index in [0.717, 1.165) is 22.2 Å². The zero-order valence-electron chi connectivity index (χ0n) is 14.0. The molecule has 0 atom stereocenters. The lowest BCUT2D eigenvalue weighted by molar-refractivity contribution is -0.662. The van der Waals surface area contributed by atoms with Crippen LogP contribution in [0, 0.1) is 6.92 Å². The van der Waals surface area contributed by atoms with Crippen molar-refractivity contribution >= 4 is 10.9 Å². The number of hydrogen-bond donors (Lipinski definition) is 0. The van der Waals surface area contributed by atoms with Crippen molar-refractivity contribution in [2.75, 3.05) is 0 Å². The number of nitrogens with zero attached hydrogens (tertiary/aromatic N) is 2. The summed E-state index contributed by atoms with van der Waals surface area (Å²) in [6.45, 7) is 6.45. The average Bonchev–Trinajstić information content (AvgIpc) is 2.49. The third-order valence-electron chi connectivity index (χ3n) is 4.00. The van der Waals surface area contributed by atoms with Crippen LogP contribution in [0.2, 0.25) is 0 Å². The number of aryl methyl sites for hydroxylation is 1. The topological polar surface area (TPSA) is 16.8 Å². The summed E-state index contributed by atoms with van der Waals surface area (Å²) in [4.78, 5) is 4.46. The normalized spacial score (nSPS) is 12.0. The molecule has 106 valence electrons. The van der Waals surface area contributed by atoms with E-state index in [2.05, 4.69) is 56.1 Å². The second-order valence-corrected chi connectivity index (χ2v) is 5.87. The third-order valence-corrected chi connectivity index (χ3v) is 4.00. The predicted octanol–water partition coefficient (Wildman–Crippen LogP) is 4.16. The van der Waals surface area contributed by atoms with Crippen LogP contribution >= 0.6 is 0 Å². The van der Waals surface area contributed by atoms with Crippen LogP contribution < -0.4 is 4.57 Å². The summed E-state index contributed by atoms with van der Waals surface area (Å²) >= 11 is 0. The highest BCUT2D eigenvalue weighted by Crippen LogP contribution is 2.28. The van der Waals surface area contributed by atoms with E-state index in [9.17, 15) is 0 Å². The summed E-state index contributed by atoms with van der Waals surface area (Å²) in [5, 5.41) is 1.09. The summed E-state index contributed by atoms with van der Waals surface area (Å²) < 4.78 is 10.1. The zero-order valence-corrected chi connectivity index (χ0v) is 13.0. The van der Waals surface area contributed by atoms with E-state index in [1.165, 1.54) is 11.1 Å². The molecule has 0 amide bonds. The molecular weight excluding hydrogens is 256 g/mol. The molecule has 0 aliphatic heterocycles. The second kappa shape index (κ2) is 5.28. The monoisotopic (exact) mass is 278 g/mol. The van der Waals surface area contributed by atoms with Gasteiger partial charge >= 0.3 is 0 Å². The van der Waals surface area contributed by atoms with Crippen molar-refractivity contribution in [2.24, 2.45) is 7.05 Å². The SMILES string of the molecule is [2H]c1nc2cc(C(C)C)ccc2c(-c2ccccc2C)[n+]1C. The number of aromatic nitrogens is 2. The van der Waals surface area contributed by atoms with Gasteiger partial charge in [0, 0.05) is 5.56 Å². The van der Waals surface area contributed by atoms with Gasteiger partial charge in [0.15, 0.2) is 6.89 Å². The number of benzene rings is 2. The van der Waals surface area contributed by atoms with E-state index >= 15 is 0 Å². The molecular formula is C19H21N2+. The standard InChI is InChI=1S/C19H21N2/c1-13(2)15-9-10-17-18(11-15)20-12-21(4)19(17)16-8-6-5-7-14(16)3/h5-13H,1-4H3/q+1/i12D. The number of rotatable bonds is 2. The van der Waals surface area contributed by atoms with Crippen LogP contribution in [0.25, 0.3) is 22.2 Å². The molecule has 0 spiro atoms. The zero-order chi connectivity index (χ0) is 15.9. The fourth-order valence-electron chi connectivity index (χ4n) is 2.72. The first kappa shape index (κ1) is 12.5. The van der Waals surface area contributed by atoms with E-state index in [1.807, 2.05) is 23.7 Å². The Morgan fingerprint density at radius 2 is 1.90 bits per heavy atom. The van der Waals surface area contributed by atoms with Crippen molar-refractivity contribution in [3.05, 3.63) is 59.9 Å². The fraction of sp³-hybridized carbons (Fsp3) is 0.263. The molecule has 0 saturated carbocycles. The average molecular weight is 278 g/mol. The van der Waals surface area contributed by atoms with Crippen molar-refractivity contribution in [1.29, 1.82) is 0 Å². The minimum absolute atomic E-state index is 0.284. The first-order valence-electron chi connectivity index (χ1n) is 7.85. The molecule has 0 saturated heterocycles. The van der Waals surface area contributed by atoms with Crippen LogP contribution in [0.1, 0.15) is 32.3 Å². The molecule has 2 heteroatoms. The summed E-state index contributed by atoms with van der Waals surface area (Å²) in [7, 11) is 1.91. The lowest BCUT2D eigenvalue weighted by Crippen LogP contribution is -2.31. The predicted molar refractivity (Wildman–Crippen MR) is 87.2 cm³/mol. The smallest absolute Gasteiger partial charge is 0.232 e. The van der Waals surface area contributed by atoms with Gasteiger partial charge in [0.25, 0.3) is 6.30 Å². The number of hydrogen-bond acceptors (Lipinski definition) is 1. The van der Waals surface area contributed by atoms with Gasteiger partial charge in [-0.1, -0.05) is 44.2 Å². The third kappa shape index (κ3) is 2.42. The summed E-state index contributed by atoms with van der Waals surface area (Å²) in [5.74, 6) is 0.455. The van der Waals surface area contributed by atoms with E-state index < -0.39 is 0 Å². The van der Waals surface area contributed by atoms with Crippen molar-refractivity contribution < 1.29 is 5.94 Å². The molecule has 0 N–H and O–H groups in total. The Kier molecular flexibility index (Phi) is 3.15. The fourth-order valence-corrected chi connectivity index (χ4v) is 2.72. The molecule has 0 aliphatic carbocycles. The minimum Gasteiger partial charge on any atom is -0.232 e. The summed E-state index contributed by atoms with van der Waals surface area (Å²) in [6.07, 6.45) is 0.284. The highest BCUT2D eigenvalue weighted by molar-refractivity contribution is 5.91.